The molecule has 0 unspecified atom stereocenters. The second-order valence-electron chi connectivity index (χ2n) is 4.24. The molecule has 3 rings (SSSR count). The van der Waals surface area contributed by atoms with E-state index in [-0.39, 0.29) is 5.89 Å². The van der Waals surface area contributed by atoms with Crippen LogP contribution >= 0.6 is 11.6 Å². The molecule has 0 fully saturated rings. The van der Waals surface area contributed by atoms with Crippen molar-refractivity contribution < 1.29 is 4.52 Å². The number of nitrogen functional groups attached to an aromatic ring is 1. The number of nitrogens with zero attached hydrogens (tertiary/aromatic N) is 4. The predicted octanol–water partition coefficient (Wildman–Crippen LogP) is 2.74. The zero-order valence-corrected chi connectivity index (χ0v) is 11.3. The van der Waals surface area contributed by atoms with E-state index < -0.39 is 0 Å². The first-order valence-corrected chi connectivity index (χ1v) is 6.19. The summed E-state index contributed by atoms with van der Waals surface area (Å²) in [6.45, 7) is 1.90. The molecule has 1 aromatic carbocycles. The molecule has 0 aliphatic rings. The van der Waals surface area contributed by atoms with Crippen LogP contribution in [0.1, 0.15) is 5.56 Å². The van der Waals surface area contributed by atoms with E-state index in [9.17, 15) is 0 Å². The van der Waals surface area contributed by atoms with Gasteiger partial charge in [-0.25, -0.2) is 9.97 Å². The van der Waals surface area contributed by atoms with Crippen molar-refractivity contribution in [2.24, 2.45) is 0 Å². The Morgan fingerprint density at radius 3 is 2.65 bits per heavy atom. The van der Waals surface area contributed by atoms with Crippen LogP contribution in [0.4, 0.5) is 5.69 Å². The van der Waals surface area contributed by atoms with Crippen LogP contribution in [0.5, 0.6) is 0 Å². The largest absolute Gasteiger partial charge is 0.398 e. The van der Waals surface area contributed by atoms with Crippen LogP contribution in [-0.2, 0) is 0 Å². The van der Waals surface area contributed by atoms with Gasteiger partial charge >= 0.3 is 0 Å². The highest BCUT2D eigenvalue weighted by atomic mass is 35.5. The summed E-state index contributed by atoms with van der Waals surface area (Å²) in [7, 11) is 0. The highest BCUT2D eigenvalue weighted by Crippen LogP contribution is 2.28. The maximum Gasteiger partial charge on any atom is 0.260 e. The van der Waals surface area contributed by atoms with Gasteiger partial charge in [-0.3, -0.25) is 0 Å². The Morgan fingerprint density at radius 2 is 1.90 bits per heavy atom. The van der Waals surface area contributed by atoms with Gasteiger partial charge in [0.1, 0.15) is 0 Å². The van der Waals surface area contributed by atoms with E-state index in [4.69, 9.17) is 21.9 Å². The van der Waals surface area contributed by atoms with Crippen LogP contribution in [0.3, 0.4) is 0 Å². The molecule has 6 nitrogen and oxygen atoms in total. The summed E-state index contributed by atoms with van der Waals surface area (Å²) in [6.07, 6.45) is 3.37. The molecule has 2 aromatic heterocycles. The first-order chi connectivity index (χ1) is 9.63. The minimum absolute atomic E-state index is 0.282. The van der Waals surface area contributed by atoms with Crippen LogP contribution in [0.25, 0.3) is 23.1 Å². The van der Waals surface area contributed by atoms with E-state index in [0.29, 0.717) is 27.9 Å². The molecule has 0 saturated heterocycles. The molecular weight excluding hydrogens is 278 g/mol. The number of aryl methyl sites for hydroxylation is 1. The number of anilines is 1. The van der Waals surface area contributed by atoms with Crippen molar-refractivity contribution in [3.8, 4) is 23.1 Å². The van der Waals surface area contributed by atoms with Crippen molar-refractivity contribution in [2.45, 2.75) is 6.92 Å². The van der Waals surface area contributed by atoms with Crippen LogP contribution < -0.4 is 5.73 Å². The fourth-order valence-corrected chi connectivity index (χ4v) is 1.82. The summed E-state index contributed by atoms with van der Waals surface area (Å²) < 4.78 is 5.19. The molecule has 0 radical (unpaired) electrons. The Bertz CT molecular complexity index is 754. The Morgan fingerprint density at radius 1 is 1.15 bits per heavy atom. The van der Waals surface area contributed by atoms with Gasteiger partial charge in [-0.15, -0.1) is 0 Å². The Hall–Kier alpha value is -2.47. The molecule has 0 bridgehead atoms. The molecule has 7 heteroatoms. The number of hydrogen-bond donors (Lipinski definition) is 1. The highest BCUT2D eigenvalue weighted by Gasteiger charge is 2.15. The normalized spacial score (nSPS) is 10.7. The van der Waals surface area contributed by atoms with Gasteiger partial charge in [0.2, 0.25) is 11.6 Å². The van der Waals surface area contributed by atoms with Crippen LogP contribution in [0, 0.1) is 6.92 Å². The lowest BCUT2D eigenvalue weighted by Crippen LogP contribution is -1.92. The molecule has 100 valence electrons. The monoisotopic (exact) mass is 287 g/mol. The third kappa shape index (κ3) is 2.33. The van der Waals surface area contributed by atoms with Gasteiger partial charge in [0.15, 0.2) is 0 Å². The van der Waals surface area contributed by atoms with Crippen molar-refractivity contribution >= 4 is 17.3 Å². The molecular formula is C13H10ClN5O. The number of halogens is 1. The zero-order chi connectivity index (χ0) is 14.1. The van der Waals surface area contributed by atoms with Crippen molar-refractivity contribution in [3.63, 3.8) is 0 Å². The van der Waals surface area contributed by atoms with Gasteiger partial charge in [0.25, 0.3) is 5.89 Å². The van der Waals surface area contributed by atoms with Gasteiger partial charge in [-0.1, -0.05) is 16.8 Å². The first kappa shape index (κ1) is 12.6. The van der Waals surface area contributed by atoms with Crippen molar-refractivity contribution in [1.29, 1.82) is 0 Å². The van der Waals surface area contributed by atoms with Gasteiger partial charge in [-0.2, -0.15) is 4.98 Å². The summed E-state index contributed by atoms with van der Waals surface area (Å²) in [6, 6.07) is 5.05. The lowest BCUT2D eigenvalue weighted by Gasteiger charge is -2.00. The molecule has 0 aliphatic carbocycles. The molecule has 0 saturated carbocycles. The summed E-state index contributed by atoms with van der Waals surface area (Å²) >= 11 is 5.94. The lowest BCUT2D eigenvalue weighted by molar-refractivity contribution is 0.432. The predicted molar refractivity (Wildman–Crippen MR) is 74.9 cm³/mol. The molecule has 0 spiro atoms. The van der Waals surface area contributed by atoms with Gasteiger partial charge in [0.05, 0.1) is 5.56 Å². The molecule has 3 aromatic rings. The topological polar surface area (TPSA) is 90.7 Å². The maximum absolute atomic E-state index is 5.94. The minimum atomic E-state index is 0.282. The van der Waals surface area contributed by atoms with Crippen LogP contribution in [0.15, 0.2) is 35.1 Å². The van der Waals surface area contributed by atoms with E-state index in [1.54, 1.807) is 30.6 Å². The number of nitrogens with two attached hydrogens (primary N) is 1. The third-order valence-corrected chi connectivity index (χ3v) is 2.89. The fourth-order valence-electron chi connectivity index (χ4n) is 1.65. The highest BCUT2D eigenvalue weighted by molar-refractivity contribution is 6.31. The number of benzene rings is 1. The van der Waals surface area contributed by atoms with Gasteiger partial charge in [-0.05, 0) is 30.7 Å². The maximum atomic E-state index is 5.94. The smallest absolute Gasteiger partial charge is 0.260 e. The standard InChI is InChI=1S/C13H10ClN5O/c1-7-5-16-11(17-6-7)12-18-13(20-19-12)9-4-8(14)2-3-10(9)15/h2-6H,15H2,1H3. The van der Waals surface area contributed by atoms with E-state index in [0.717, 1.165) is 5.56 Å². The van der Waals surface area contributed by atoms with E-state index in [1.807, 2.05) is 6.92 Å². The van der Waals surface area contributed by atoms with Crippen molar-refractivity contribution in [1.82, 2.24) is 20.1 Å². The molecule has 2 heterocycles. The average Bonchev–Trinajstić information content (AvgIpc) is 2.92. The van der Waals surface area contributed by atoms with E-state index in [1.165, 1.54) is 0 Å². The van der Waals surface area contributed by atoms with Gasteiger partial charge < -0.3 is 10.3 Å². The van der Waals surface area contributed by atoms with Crippen molar-refractivity contribution in [2.75, 3.05) is 5.73 Å². The molecule has 2 N–H and O–H groups in total. The summed E-state index contributed by atoms with van der Waals surface area (Å²) in [4.78, 5) is 12.5. The van der Waals surface area contributed by atoms with E-state index in [2.05, 4.69) is 20.1 Å². The first-order valence-electron chi connectivity index (χ1n) is 5.81. The third-order valence-electron chi connectivity index (χ3n) is 2.65. The Labute approximate surface area is 119 Å². The average molecular weight is 288 g/mol. The minimum Gasteiger partial charge on any atom is -0.398 e. The number of rotatable bonds is 2. The second-order valence-corrected chi connectivity index (χ2v) is 4.68. The van der Waals surface area contributed by atoms with Gasteiger partial charge in [0, 0.05) is 23.1 Å². The zero-order valence-electron chi connectivity index (χ0n) is 10.5. The summed E-state index contributed by atoms with van der Waals surface area (Å²) in [5.74, 6) is 0.981. The van der Waals surface area contributed by atoms with Crippen LogP contribution in [0.2, 0.25) is 5.02 Å². The summed E-state index contributed by atoms with van der Waals surface area (Å²) in [5, 5.41) is 4.40. The van der Waals surface area contributed by atoms with Crippen LogP contribution in [-0.4, -0.2) is 20.1 Å². The summed E-state index contributed by atoms with van der Waals surface area (Å²) in [5.41, 5.74) is 7.92. The molecule has 0 atom stereocenters. The van der Waals surface area contributed by atoms with E-state index >= 15 is 0 Å². The Balaban J connectivity index is 2.01. The quantitative estimate of drug-likeness (QED) is 0.729. The molecule has 20 heavy (non-hydrogen) atoms. The number of aromatic nitrogens is 4. The van der Waals surface area contributed by atoms with Crippen molar-refractivity contribution in [3.05, 3.63) is 41.2 Å². The molecule has 0 aliphatic heterocycles. The number of hydrogen-bond acceptors (Lipinski definition) is 6. The SMILES string of the molecule is Cc1cnc(-c2noc(-c3cc(Cl)ccc3N)n2)nc1. The fraction of sp³-hybridized carbons (Fsp3) is 0.0769. The second kappa shape index (κ2) is 4.90. The Kier molecular flexibility index (Phi) is 3.08. The lowest BCUT2D eigenvalue weighted by atomic mass is 10.2. The molecule has 0 amide bonds.